The highest BCUT2D eigenvalue weighted by Crippen LogP contribution is 2.29. The number of hydrogen-bond donors (Lipinski definition) is 2. The number of aromatic nitrogens is 4. The number of imidazole rings is 1. The van der Waals surface area contributed by atoms with Crippen LogP contribution >= 0.6 is 0 Å². The van der Waals surface area contributed by atoms with Crippen LogP contribution in [-0.2, 0) is 0 Å². The molecule has 1 aliphatic heterocycles. The molecule has 1 fully saturated rings. The van der Waals surface area contributed by atoms with Gasteiger partial charge in [-0.1, -0.05) is 12.1 Å². The molecule has 4 heterocycles. The molecule has 37 heavy (non-hydrogen) atoms. The van der Waals surface area contributed by atoms with Crippen molar-refractivity contribution in [1.29, 1.82) is 5.26 Å². The molecule has 0 unspecified atom stereocenters. The van der Waals surface area contributed by atoms with Crippen molar-refractivity contribution in [1.82, 2.24) is 24.3 Å². The van der Waals surface area contributed by atoms with Crippen LogP contribution < -0.4 is 10.6 Å². The third kappa shape index (κ3) is 5.06. The summed E-state index contributed by atoms with van der Waals surface area (Å²) in [6, 6.07) is 13.0. The zero-order chi connectivity index (χ0) is 25.9. The number of fused-ring (bicyclic) bond motifs is 1. The molecular weight excluding hydrogens is 481 g/mol. The molecule has 2 N–H and O–H groups in total. The SMILES string of the molecule is C[C@H](Nc1ncc(C#N)c(-c2cnc3c(C(F)F)cccn23)n1)c1cccc(NC2CN(CCF)C2)c1. The smallest absolute Gasteiger partial charge is 0.267 e. The van der Waals surface area contributed by atoms with Crippen LogP contribution in [0, 0.1) is 11.3 Å². The van der Waals surface area contributed by atoms with E-state index in [2.05, 4.69) is 36.6 Å². The predicted octanol–water partition coefficient (Wildman–Crippen LogP) is 4.84. The van der Waals surface area contributed by atoms with E-state index < -0.39 is 6.43 Å². The Morgan fingerprint density at radius 1 is 1.16 bits per heavy atom. The van der Waals surface area contributed by atoms with Gasteiger partial charge < -0.3 is 10.6 Å². The van der Waals surface area contributed by atoms with E-state index in [4.69, 9.17) is 0 Å². The van der Waals surface area contributed by atoms with Crippen molar-refractivity contribution >= 4 is 17.3 Å². The fraction of sp³-hybridized carbons (Fsp3) is 0.308. The number of rotatable bonds is 9. The summed E-state index contributed by atoms with van der Waals surface area (Å²) in [7, 11) is 0. The first-order valence-electron chi connectivity index (χ1n) is 11.9. The Morgan fingerprint density at radius 3 is 2.76 bits per heavy atom. The van der Waals surface area contributed by atoms with Crippen molar-refractivity contribution in [3.05, 3.63) is 71.7 Å². The van der Waals surface area contributed by atoms with E-state index in [1.807, 2.05) is 31.2 Å². The van der Waals surface area contributed by atoms with Crippen molar-refractivity contribution < 1.29 is 13.2 Å². The average molecular weight is 507 g/mol. The molecule has 1 atom stereocenters. The molecule has 8 nitrogen and oxygen atoms in total. The van der Waals surface area contributed by atoms with Gasteiger partial charge in [-0.15, -0.1) is 0 Å². The summed E-state index contributed by atoms with van der Waals surface area (Å²) in [6.45, 7) is 3.72. The molecular formula is C26H25F3N8. The summed E-state index contributed by atoms with van der Waals surface area (Å²) in [5.41, 5.74) is 2.80. The zero-order valence-corrected chi connectivity index (χ0v) is 20.1. The fourth-order valence-corrected chi connectivity index (χ4v) is 4.48. The Kier molecular flexibility index (Phi) is 6.92. The lowest BCUT2D eigenvalue weighted by atomic mass is 10.1. The molecule has 0 saturated carbocycles. The number of pyridine rings is 1. The number of likely N-dealkylation sites (tertiary alicyclic amines) is 1. The molecule has 0 aliphatic carbocycles. The lowest BCUT2D eigenvalue weighted by Crippen LogP contribution is -2.55. The average Bonchev–Trinajstić information content (AvgIpc) is 3.31. The van der Waals surface area contributed by atoms with E-state index in [-0.39, 0.29) is 35.5 Å². The normalized spacial score (nSPS) is 14.9. The van der Waals surface area contributed by atoms with Crippen molar-refractivity contribution in [3.8, 4) is 17.5 Å². The van der Waals surface area contributed by atoms with Crippen LogP contribution in [0.4, 0.5) is 24.8 Å². The minimum absolute atomic E-state index is 0.112. The second kappa shape index (κ2) is 10.4. The van der Waals surface area contributed by atoms with Gasteiger partial charge in [0.25, 0.3) is 6.43 Å². The molecule has 1 aromatic carbocycles. The number of anilines is 2. The molecule has 0 radical (unpaired) electrons. The maximum Gasteiger partial charge on any atom is 0.267 e. The molecule has 5 rings (SSSR count). The summed E-state index contributed by atoms with van der Waals surface area (Å²) in [5, 5.41) is 16.4. The molecule has 0 amide bonds. The van der Waals surface area contributed by atoms with Crippen molar-refractivity contribution in [2.75, 3.05) is 36.9 Å². The van der Waals surface area contributed by atoms with Gasteiger partial charge in [-0.05, 0) is 36.8 Å². The van der Waals surface area contributed by atoms with E-state index in [9.17, 15) is 18.4 Å². The van der Waals surface area contributed by atoms with E-state index in [0.717, 1.165) is 24.3 Å². The zero-order valence-electron chi connectivity index (χ0n) is 20.1. The second-order valence-electron chi connectivity index (χ2n) is 8.95. The highest BCUT2D eigenvalue weighted by Gasteiger charge is 2.26. The minimum Gasteiger partial charge on any atom is -0.380 e. The topological polar surface area (TPSA) is 94.2 Å². The monoisotopic (exact) mass is 506 g/mol. The first-order valence-corrected chi connectivity index (χ1v) is 11.9. The Bertz CT molecular complexity index is 1440. The summed E-state index contributed by atoms with van der Waals surface area (Å²) < 4.78 is 40.8. The van der Waals surface area contributed by atoms with Gasteiger partial charge in [0.05, 0.1) is 41.3 Å². The number of halogens is 3. The number of benzene rings is 1. The van der Waals surface area contributed by atoms with Crippen molar-refractivity contribution in [2.24, 2.45) is 0 Å². The number of hydrogen-bond acceptors (Lipinski definition) is 7. The standard InChI is InChI=1S/C26H25F3N8/c1-16(17-4-2-5-19(10-17)34-20-14-36(15-20)9-7-27)33-26-32-12-18(11-30)23(35-26)22-13-31-25-21(24(28)29)6-3-8-37(22)25/h2-6,8,10,12-13,16,20,24,34H,7,9,14-15H2,1H3,(H,32,33,35)/t16-/m0/s1. The lowest BCUT2D eigenvalue weighted by molar-refractivity contribution is 0.150. The lowest BCUT2D eigenvalue weighted by Gasteiger charge is -2.39. The highest BCUT2D eigenvalue weighted by atomic mass is 19.3. The van der Waals surface area contributed by atoms with E-state index >= 15 is 0 Å². The molecule has 0 bridgehead atoms. The highest BCUT2D eigenvalue weighted by molar-refractivity contribution is 5.68. The Hall–Kier alpha value is -4.17. The molecule has 0 spiro atoms. The summed E-state index contributed by atoms with van der Waals surface area (Å²) >= 11 is 0. The van der Waals surface area contributed by atoms with Gasteiger partial charge in [0, 0.05) is 31.5 Å². The van der Waals surface area contributed by atoms with E-state index in [0.29, 0.717) is 23.9 Å². The summed E-state index contributed by atoms with van der Waals surface area (Å²) in [5.74, 6) is 0.292. The summed E-state index contributed by atoms with van der Waals surface area (Å²) in [4.78, 5) is 15.0. The van der Waals surface area contributed by atoms with Crippen LogP contribution in [0.5, 0.6) is 0 Å². The van der Waals surface area contributed by atoms with Crippen LogP contribution in [0.3, 0.4) is 0 Å². The van der Waals surface area contributed by atoms with Crippen molar-refractivity contribution in [2.45, 2.75) is 25.4 Å². The largest absolute Gasteiger partial charge is 0.380 e. The maximum absolute atomic E-state index is 13.4. The molecule has 11 heteroatoms. The van der Waals surface area contributed by atoms with Gasteiger partial charge in [-0.3, -0.25) is 9.30 Å². The molecule has 3 aromatic heterocycles. The first kappa shape index (κ1) is 24.5. The van der Waals surface area contributed by atoms with Crippen LogP contribution in [0.2, 0.25) is 0 Å². The van der Waals surface area contributed by atoms with Crippen molar-refractivity contribution in [3.63, 3.8) is 0 Å². The number of nitrogens with one attached hydrogen (secondary N) is 2. The van der Waals surface area contributed by atoms with Gasteiger partial charge in [0.2, 0.25) is 5.95 Å². The molecule has 190 valence electrons. The van der Waals surface area contributed by atoms with Gasteiger partial charge in [-0.2, -0.15) is 5.26 Å². The Labute approximate surface area is 211 Å². The number of alkyl halides is 3. The minimum atomic E-state index is -2.68. The van der Waals surface area contributed by atoms with Gasteiger partial charge in [0.1, 0.15) is 24.1 Å². The fourth-order valence-electron chi connectivity index (χ4n) is 4.48. The number of nitrogens with zero attached hydrogens (tertiary/aromatic N) is 6. The van der Waals surface area contributed by atoms with Gasteiger partial charge in [0.15, 0.2) is 0 Å². The maximum atomic E-state index is 13.4. The number of nitriles is 1. The first-order chi connectivity index (χ1) is 18.0. The van der Waals surface area contributed by atoms with E-state index in [1.165, 1.54) is 28.9 Å². The molecule has 4 aromatic rings. The van der Waals surface area contributed by atoms with Crippen LogP contribution in [0.1, 0.15) is 36.1 Å². The van der Waals surface area contributed by atoms with Gasteiger partial charge >= 0.3 is 0 Å². The van der Waals surface area contributed by atoms with Crippen LogP contribution in [0.25, 0.3) is 17.0 Å². The van der Waals surface area contributed by atoms with E-state index in [1.54, 1.807) is 6.20 Å². The molecule has 1 aliphatic rings. The van der Waals surface area contributed by atoms with Crippen LogP contribution in [-0.4, -0.2) is 56.6 Å². The second-order valence-corrected chi connectivity index (χ2v) is 8.95. The van der Waals surface area contributed by atoms with Gasteiger partial charge in [-0.25, -0.2) is 28.1 Å². The Morgan fingerprint density at radius 2 is 2.00 bits per heavy atom. The predicted molar refractivity (Wildman–Crippen MR) is 134 cm³/mol. The Balaban J connectivity index is 1.36. The summed E-state index contributed by atoms with van der Waals surface area (Å²) in [6.07, 6.45) is 1.77. The third-order valence-corrected chi connectivity index (χ3v) is 6.41. The molecule has 1 saturated heterocycles. The third-order valence-electron chi connectivity index (χ3n) is 6.41. The quantitative estimate of drug-likeness (QED) is 0.336. The van der Waals surface area contributed by atoms with Crippen LogP contribution in [0.15, 0.2) is 55.0 Å².